The molecular weight excluding hydrogens is 250 g/mol. The van der Waals surface area contributed by atoms with Gasteiger partial charge in [0.1, 0.15) is 4.90 Å². The molecule has 18 heavy (non-hydrogen) atoms. The first kappa shape index (κ1) is 15.2. The Hall–Kier alpha value is -0.880. The molecule has 104 valence electrons. The summed E-state index contributed by atoms with van der Waals surface area (Å²) >= 11 is 0. The predicted molar refractivity (Wildman–Crippen MR) is 72.0 cm³/mol. The third-order valence-corrected chi connectivity index (χ3v) is 4.08. The first-order valence-electron chi connectivity index (χ1n) is 6.22. The molecule has 0 spiro atoms. The van der Waals surface area contributed by atoms with Gasteiger partial charge in [-0.3, -0.25) is 4.68 Å². The molecule has 0 aliphatic rings. The molecule has 0 aliphatic carbocycles. The van der Waals surface area contributed by atoms with E-state index in [1.165, 1.54) is 0 Å². The highest BCUT2D eigenvalue weighted by Crippen LogP contribution is 2.27. The highest BCUT2D eigenvalue weighted by molar-refractivity contribution is 7.89. The summed E-state index contributed by atoms with van der Waals surface area (Å²) in [5.41, 5.74) is 0.310. The zero-order valence-corrected chi connectivity index (χ0v) is 12.6. The van der Waals surface area contributed by atoms with Crippen LogP contribution >= 0.6 is 0 Å². The lowest BCUT2D eigenvalue weighted by molar-refractivity contribution is 0.535. The topological polar surface area (TPSA) is 64.0 Å². The average molecular weight is 273 g/mol. The van der Waals surface area contributed by atoms with Crippen LogP contribution in [0.25, 0.3) is 0 Å². The van der Waals surface area contributed by atoms with Crippen molar-refractivity contribution in [3.63, 3.8) is 0 Å². The Bertz CT molecular complexity index is 498. The van der Waals surface area contributed by atoms with Crippen LogP contribution in [0.2, 0.25) is 0 Å². The van der Waals surface area contributed by atoms with E-state index in [9.17, 15) is 8.42 Å². The second-order valence-corrected chi connectivity index (χ2v) is 7.25. The van der Waals surface area contributed by atoms with Crippen molar-refractivity contribution in [3.05, 3.63) is 11.9 Å². The summed E-state index contributed by atoms with van der Waals surface area (Å²) in [5, 5.41) is 4.27. The molecule has 0 amide bonds. The molecule has 6 heteroatoms. The molecule has 1 rings (SSSR count). The van der Waals surface area contributed by atoms with Crippen LogP contribution in [-0.4, -0.2) is 24.7 Å². The van der Waals surface area contributed by atoms with Crippen LogP contribution in [0.5, 0.6) is 0 Å². The molecule has 1 heterocycles. The van der Waals surface area contributed by atoms with E-state index in [-0.39, 0.29) is 10.3 Å². The van der Waals surface area contributed by atoms with Gasteiger partial charge in [-0.25, -0.2) is 13.1 Å². The van der Waals surface area contributed by atoms with E-state index in [4.69, 9.17) is 0 Å². The van der Waals surface area contributed by atoms with E-state index in [0.717, 1.165) is 12.8 Å². The molecule has 1 N–H and O–H groups in total. The summed E-state index contributed by atoms with van der Waals surface area (Å²) < 4.78 is 28.6. The molecule has 1 aromatic rings. The van der Waals surface area contributed by atoms with Crippen LogP contribution in [-0.2, 0) is 22.5 Å². The third-order valence-electron chi connectivity index (χ3n) is 2.62. The summed E-state index contributed by atoms with van der Waals surface area (Å²) in [6, 6.07) is 0. The summed E-state index contributed by atoms with van der Waals surface area (Å²) in [5.74, 6) is 0. The smallest absolute Gasteiger partial charge is 0.243 e. The first-order chi connectivity index (χ1) is 8.18. The summed E-state index contributed by atoms with van der Waals surface area (Å²) in [6.07, 6.45) is 3.36. The Balaban J connectivity index is 3.09. The van der Waals surface area contributed by atoms with Gasteiger partial charge in [0.25, 0.3) is 0 Å². The first-order valence-corrected chi connectivity index (χ1v) is 7.70. The number of rotatable bonds is 5. The van der Waals surface area contributed by atoms with Gasteiger partial charge in [-0.1, -0.05) is 34.1 Å². The van der Waals surface area contributed by atoms with E-state index in [2.05, 4.69) is 9.82 Å². The third kappa shape index (κ3) is 3.55. The van der Waals surface area contributed by atoms with Gasteiger partial charge in [-0.05, 0) is 6.42 Å². The molecule has 0 saturated carbocycles. The fraction of sp³-hybridized carbons (Fsp3) is 0.750. The van der Waals surface area contributed by atoms with E-state index in [1.807, 2.05) is 27.7 Å². The normalized spacial score (nSPS) is 12.9. The molecule has 0 aromatic carbocycles. The summed E-state index contributed by atoms with van der Waals surface area (Å²) in [4.78, 5) is 0.286. The zero-order chi connectivity index (χ0) is 14.0. The molecule has 0 atom stereocenters. The number of unbranched alkanes of at least 4 members (excludes halogenated alkanes) is 1. The van der Waals surface area contributed by atoms with Crippen molar-refractivity contribution in [2.75, 3.05) is 6.54 Å². The van der Waals surface area contributed by atoms with Crippen molar-refractivity contribution in [2.24, 2.45) is 7.05 Å². The lowest BCUT2D eigenvalue weighted by atomic mass is 9.92. The maximum Gasteiger partial charge on any atom is 0.243 e. The predicted octanol–water partition coefficient (Wildman–Crippen LogP) is 1.80. The van der Waals surface area contributed by atoms with Crippen molar-refractivity contribution >= 4 is 10.0 Å². The van der Waals surface area contributed by atoms with E-state index < -0.39 is 10.0 Å². The Morgan fingerprint density at radius 3 is 2.50 bits per heavy atom. The van der Waals surface area contributed by atoms with E-state index in [0.29, 0.717) is 12.2 Å². The summed E-state index contributed by atoms with van der Waals surface area (Å²) in [7, 11) is -1.72. The van der Waals surface area contributed by atoms with Crippen LogP contribution in [0.15, 0.2) is 11.1 Å². The van der Waals surface area contributed by atoms with E-state index in [1.54, 1.807) is 17.9 Å². The van der Waals surface area contributed by atoms with Gasteiger partial charge in [-0.2, -0.15) is 5.10 Å². The lowest BCUT2D eigenvalue weighted by Gasteiger charge is -2.17. The zero-order valence-electron chi connectivity index (χ0n) is 11.8. The molecular formula is C12H23N3O2S. The fourth-order valence-electron chi connectivity index (χ4n) is 1.64. The van der Waals surface area contributed by atoms with Crippen LogP contribution in [0.3, 0.4) is 0 Å². The minimum absolute atomic E-state index is 0.286. The highest BCUT2D eigenvalue weighted by atomic mass is 32.2. The quantitative estimate of drug-likeness (QED) is 0.832. The van der Waals surface area contributed by atoms with Crippen molar-refractivity contribution in [1.82, 2.24) is 14.5 Å². The van der Waals surface area contributed by atoms with Crippen LogP contribution in [0, 0.1) is 0 Å². The average Bonchev–Trinajstić information content (AvgIpc) is 2.61. The van der Waals surface area contributed by atoms with Gasteiger partial charge in [0.15, 0.2) is 0 Å². The Kier molecular flexibility index (Phi) is 4.55. The number of sulfonamides is 1. The van der Waals surface area contributed by atoms with Gasteiger partial charge in [-0.15, -0.1) is 0 Å². The molecule has 0 unspecified atom stereocenters. The van der Waals surface area contributed by atoms with Crippen molar-refractivity contribution in [3.8, 4) is 0 Å². The second-order valence-electron chi connectivity index (χ2n) is 5.52. The Morgan fingerprint density at radius 1 is 1.39 bits per heavy atom. The molecule has 0 bridgehead atoms. The lowest BCUT2D eigenvalue weighted by Crippen LogP contribution is -2.27. The van der Waals surface area contributed by atoms with Crippen LogP contribution in [0.4, 0.5) is 0 Å². The van der Waals surface area contributed by atoms with Crippen molar-refractivity contribution < 1.29 is 8.42 Å². The minimum Gasteiger partial charge on any atom is -0.274 e. The van der Waals surface area contributed by atoms with Gasteiger partial charge in [0.2, 0.25) is 10.0 Å². The fourth-order valence-corrected chi connectivity index (χ4v) is 3.11. The second kappa shape index (κ2) is 5.40. The Morgan fingerprint density at radius 2 is 2.00 bits per heavy atom. The van der Waals surface area contributed by atoms with Crippen LogP contribution < -0.4 is 4.72 Å². The van der Waals surface area contributed by atoms with Gasteiger partial charge in [0.05, 0.1) is 5.69 Å². The van der Waals surface area contributed by atoms with Gasteiger partial charge < -0.3 is 0 Å². The monoisotopic (exact) mass is 273 g/mol. The minimum atomic E-state index is -3.46. The number of nitrogens with one attached hydrogen (secondary N) is 1. The summed E-state index contributed by atoms with van der Waals surface area (Å²) in [6.45, 7) is 8.37. The molecule has 0 radical (unpaired) electrons. The molecule has 0 aliphatic heterocycles. The number of hydrogen-bond acceptors (Lipinski definition) is 3. The molecule has 0 saturated heterocycles. The Labute approximate surface area is 110 Å². The molecule has 0 fully saturated rings. The van der Waals surface area contributed by atoms with Gasteiger partial charge >= 0.3 is 0 Å². The van der Waals surface area contributed by atoms with Crippen molar-refractivity contribution in [1.29, 1.82) is 0 Å². The molecule has 1 aromatic heterocycles. The maximum atomic E-state index is 12.2. The largest absolute Gasteiger partial charge is 0.274 e. The number of hydrogen-bond donors (Lipinski definition) is 1. The SMILES string of the molecule is CCCCNS(=O)(=O)c1cn(C)nc1C(C)(C)C. The standard InChI is InChI=1S/C12H23N3O2S/c1-6-7-8-13-18(16,17)10-9-15(5)14-11(10)12(2,3)4/h9,13H,6-8H2,1-5H3. The number of aryl methyl sites for hydroxylation is 1. The van der Waals surface area contributed by atoms with Gasteiger partial charge in [0, 0.05) is 25.2 Å². The van der Waals surface area contributed by atoms with Crippen LogP contribution in [0.1, 0.15) is 46.2 Å². The number of nitrogens with zero attached hydrogens (tertiary/aromatic N) is 2. The maximum absolute atomic E-state index is 12.2. The molecule has 5 nitrogen and oxygen atoms in total. The number of aromatic nitrogens is 2. The highest BCUT2D eigenvalue weighted by Gasteiger charge is 2.29. The van der Waals surface area contributed by atoms with Crippen molar-refractivity contribution in [2.45, 2.75) is 50.8 Å². The van der Waals surface area contributed by atoms with E-state index >= 15 is 0 Å².